The van der Waals surface area contributed by atoms with Crippen molar-refractivity contribution in [3.05, 3.63) is 59.0 Å². The number of aryl methyl sites for hydroxylation is 1. The molecule has 0 bridgehead atoms. The largest absolute Gasteiger partial charge is 0.497 e. The normalized spacial score (nSPS) is 17.0. The fourth-order valence-electron chi connectivity index (χ4n) is 3.82. The molecule has 1 aliphatic rings. The number of likely N-dealkylation sites (tertiary alicyclic amines) is 1. The maximum Gasteiger partial charge on any atom is 0.433 e. The summed E-state index contributed by atoms with van der Waals surface area (Å²) in [6.07, 6.45) is -3.63. The van der Waals surface area contributed by atoms with E-state index >= 15 is 0 Å². The Kier molecular flexibility index (Phi) is 5.13. The molecule has 1 aromatic carbocycles. The van der Waals surface area contributed by atoms with Gasteiger partial charge in [-0.15, -0.1) is 0 Å². The van der Waals surface area contributed by atoms with Crippen molar-refractivity contribution in [3.63, 3.8) is 0 Å². The predicted octanol–water partition coefficient (Wildman–Crippen LogP) is 3.62. The van der Waals surface area contributed by atoms with Crippen LogP contribution in [0.2, 0.25) is 0 Å². The van der Waals surface area contributed by atoms with Crippen molar-refractivity contribution in [2.45, 2.75) is 31.9 Å². The summed E-state index contributed by atoms with van der Waals surface area (Å²) in [4.78, 5) is 18.6. The number of hydrogen-bond acceptors (Lipinski definition) is 4. The second kappa shape index (κ2) is 7.62. The topological polar surface area (TPSA) is 59.7 Å². The van der Waals surface area contributed by atoms with Crippen LogP contribution in [-0.2, 0) is 17.4 Å². The first-order valence-corrected chi connectivity index (χ1v) is 9.60. The average Bonchev–Trinajstić information content (AvgIpc) is 3.33. The zero-order chi connectivity index (χ0) is 21.5. The molecule has 0 radical (unpaired) electrons. The Hall–Kier alpha value is -3.10. The van der Waals surface area contributed by atoms with Crippen LogP contribution in [-0.4, -0.2) is 45.6 Å². The molecule has 9 heteroatoms. The molecule has 6 nitrogen and oxygen atoms in total. The SMILES string of the molecule is COc1cccc(CC(=O)N2CC[C@@H](c3cc4nc(C)cc(C(F)(F)F)n4n3)C2)c1. The number of carbonyl (C=O) groups excluding carboxylic acids is 1. The summed E-state index contributed by atoms with van der Waals surface area (Å²) in [6.45, 7) is 2.49. The van der Waals surface area contributed by atoms with Crippen LogP contribution in [0.5, 0.6) is 5.75 Å². The van der Waals surface area contributed by atoms with Gasteiger partial charge in [0.05, 0.1) is 19.2 Å². The molecule has 2 aromatic heterocycles. The molecule has 1 amide bonds. The summed E-state index contributed by atoms with van der Waals surface area (Å²) >= 11 is 0. The lowest BCUT2D eigenvalue weighted by Crippen LogP contribution is -2.29. The Balaban J connectivity index is 1.51. The first-order valence-electron chi connectivity index (χ1n) is 9.60. The minimum Gasteiger partial charge on any atom is -0.497 e. The van der Waals surface area contributed by atoms with Crippen molar-refractivity contribution in [3.8, 4) is 5.75 Å². The molecule has 1 fully saturated rings. The lowest BCUT2D eigenvalue weighted by atomic mass is 10.1. The molecule has 158 valence electrons. The van der Waals surface area contributed by atoms with Gasteiger partial charge in [0.2, 0.25) is 5.91 Å². The van der Waals surface area contributed by atoms with Crippen LogP contribution in [0.25, 0.3) is 5.65 Å². The Bertz CT molecular complexity index is 1090. The number of alkyl halides is 3. The number of carbonyl (C=O) groups is 1. The van der Waals surface area contributed by atoms with Gasteiger partial charge in [0.1, 0.15) is 11.4 Å². The first kappa shape index (κ1) is 20.2. The Morgan fingerprint density at radius 3 is 2.80 bits per heavy atom. The number of rotatable bonds is 4. The maximum absolute atomic E-state index is 13.4. The van der Waals surface area contributed by atoms with Gasteiger partial charge in [-0.05, 0) is 37.1 Å². The lowest BCUT2D eigenvalue weighted by molar-refractivity contribution is -0.142. The predicted molar refractivity (Wildman–Crippen MR) is 103 cm³/mol. The zero-order valence-electron chi connectivity index (χ0n) is 16.6. The van der Waals surface area contributed by atoms with Gasteiger partial charge < -0.3 is 9.64 Å². The highest BCUT2D eigenvalue weighted by Gasteiger charge is 2.36. The molecular weight excluding hydrogens is 397 g/mol. The smallest absolute Gasteiger partial charge is 0.433 e. The first-order chi connectivity index (χ1) is 14.2. The van der Waals surface area contributed by atoms with E-state index in [1.54, 1.807) is 18.1 Å². The maximum atomic E-state index is 13.4. The monoisotopic (exact) mass is 418 g/mol. The van der Waals surface area contributed by atoms with E-state index in [0.717, 1.165) is 16.1 Å². The Labute approximate surface area is 171 Å². The highest BCUT2D eigenvalue weighted by atomic mass is 19.4. The van der Waals surface area contributed by atoms with E-state index in [9.17, 15) is 18.0 Å². The van der Waals surface area contributed by atoms with Crippen molar-refractivity contribution < 1.29 is 22.7 Å². The fraction of sp³-hybridized carbons (Fsp3) is 0.381. The van der Waals surface area contributed by atoms with E-state index in [1.807, 2.05) is 24.3 Å². The third-order valence-electron chi connectivity index (χ3n) is 5.31. The molecule has 0 aliphatic carbocycles. The minimum absolute atomic E-state index is 0.0283. The third kappa shape index (κ3) is 3.96. The van der Waals surface area contributed by atoms with Crippen LogP contribution in [0.15, 0.2) is 36.4 Å². The second-order valence-electron chi connectivity index (χ2n) is 7.47. The van der Waals surface area contributed by atoms with Crippen LogP contribution in [0.1, 0.15) is 35.0 Å². The number of methoxy groups -OCH3 is 1. The van der Waals surface area contributed by atoms with E-state index in [0.29, 0.717) is 31.0 Å². The van der Waals surface area contributed by atoms with Crippen molar-refractivity contribution >= 4 is 11.6 Å². The van der Waals surface area contributed by atoms with Crippen molar-refractivity contribution in [2.75, 3.05) is 20.2 Å². The van der Waals surface area contributed by atoms with Gasteiger partial charge >= 0.3 is 6.18 Å². The van der Waals surface area contributed by atoms with Gasteiger partial charge in [-0.1, -0.05) is 12.1 Å². The van der Waals surface area contributed by atoms with E-state index in [4.69, 9.17) is 4.74 Å². The van der Waals surface area contributed by atoms with Crippen LogP contribution in [0, 0.1) is 6.92 Å². The molecule has 0 spiro atoms. The van der Waals surface area contributed by atoms with E-state index in [2.05, 4.69) is 10.1 Å². The van der Waals surface area contributed by atoms with Crippen LogP contribution >= 0.6 is 0 Å². The molecule has 0 unspecified atom stereocenters. The number of halogens is 3. The molecular formula is C21H21F3N4O2. The molecule has 0 N–H and O–H groups in total. The van der Waals surface area contributed by atoms with Gasteiger partial charge in [-0.2, -0.15) is 18.3 Å². The highest BCUT2D eigenvalue weighted by Crippen LogP contribution is 2.32. The number of nitrogens with zero attached hydrogens (tertiary/aromatic N) is 4. The lowest BCUT2D eigenvalue weighted by Gasteiger charge is -2.16. The molecule has 3 heterocycles. The van der Waals surface area contributed by atoms with E-state index < -0.39 is 11.9 Å². The molecule has 3 aromatic rings. The Morgan fingerprint density at radius 2 is 2.07 bits per heavy atom. The standard InChI is InChI=1S/C21H21F3N4O2/c1-13-8-18(21(22,23)24)28-19(25-13)11-17(26-28)15-6-7-27(12-15)20(29)10-14-4-3-5-16(9-14)30-2/h3-5,8-9,11,15H,6-7,10,12H2,1-2H3/t15-/m1/s1. The van der Waals surface area contributed by atoms with Crippen molar-refractivity contribution in [1.82, 2.24) is 19.5 Å². The van der Waals surface area contributed by atoms with Crippen LogP contribution in [0.4, 0.5) is 13.2 Å². The zero-order valence-corrected chi connectivity index (χ0v) is 16.6. The molecule has 1 atom stereocenters. The van der Waals surface area contributed by atoms with Gasteiger partial charge in [-0.3, -0.25) is 4.79 Å². The summed E-state index contributed by atoms with van der Waals surface area (Å²) in [5.74, 6) is 0.536. The molecule has 1 saturated heterocycles. The molecule has 4 rings (SSSR count). The Morgan fingerprint density at radius 1 is 1.27 bits per heavy atom. The van der Waals surface area contributed by atoms with E-state index in [1.165, 1.54) is 6.92 Å². The summed E-state index contributed by atoms with van der Waals surface area (Å²) in [7, 11) is 1.57. The van der Waals surface area contributed by atoms with Gasteiger partial charge in [0.15, 0.2) is 5.65 Å². The minimum atomic E-state index is -4.52. The number of ether oxygens (including phenoxy) is 1. The van der Waals surface area contributed by atoms with Crippen LogP contribution in [0.3, 0.4) is 0 Å². The summed E-state index contributed by atoms with van der Waals surface area (Å²) in [6, 6.07) is 9.90. The third-order valence-corrected chi connectivity index (χ3v) is 5.31. The fourth-order valence-corrected chi connectivity index (χ4v) is 3.82. The van der Waals surface area contributed by atoms with Gasteiger partial charge in [0.25, 0.3) is 0 Å². The van der Waals surface area contributed by atoms with Gasteiger partial charge in [-0.25, -0.2) is 9.50 Å². The number of benzene rings is 1. The number of fused-ring (bicyclic) bond motifs is 1. The summed E-state index contributed by atoms with van der Waals surface area (Å²) in [5.41, 5.74) is 0.974. The van der Waals surface area contributed by atoms with Crippen molar-refractivity contribution in [2.24, 2.45) is 0 Å². The molecule has 1 aliphatic heterocycles. The average molecular weight is 418 g/mol. The molecule has 30 heavy (non-hydrogen) atoms. The highest BCUT2D eigenvalue weighted by molar-refractivity contribution is 5.79. The summed E-state index contributed by atoms with van der Waals surface area (Å²) < 4.78 is 46.1. The quantitative estimate of drug-likeness (QED) is 0.649. The van der Waals surface area contributed by atoms with Gasteiger partial charge in [0, 0.05) is 30.8 Å². The van der Waals surface area contributed by atoms with E-state index in [-0.39, 0.29) is 29.6 Å². The van der Waals surface area contributed by atoms with Crippen molar-refractivity contribution in [1.29, 1.82) is 0 Å². The number of amides is 1. The van der Waals surface area contributed by atoms with Crippen LogP contribution < -0.4 is 4.74 Å². The number of hydrogen-bond donors (Lipinski definition) is 0. The second-order valence-corrected chi connectivity index (χ2v) is 7.47. The number of aromatic nitrogens is 3. The summed E-state index contributed by atoms with van der Waals surface area (Å²) in [5, 5.41) is 4.18. The molecule has 0 saturated carbocycles.